The second-order valence-electron chi connectivity index (χ2n) is 1.66. The number of hydroxylamine groups is 1. The molecule has 0 radical (unpaired) electrons. The lowest BCUT2D eigenvalue weighted by Crippen LogP contribution is -2.25. The third kappa shape index (κ3) is 9.78. The largest absolute Gasteiger partial charge is 0.284 e. The molecule has 0 aliphatic heterocycles. The number of rotatable bonds is 4. The molecular formula is C2H7NO6S2. The molecule has 0 fully saturated rings. The fourth-order valence-corrected chi connectivity index (χ4v) is 0.761. The maximum atomic E-state index is 10.2. The number of nitrogens with one attached hydrogen (secondary N) is 1. The van der Waals surface area contributed by atoms with Crippen molar-refractivity contribution in [2.45, 2.75) is 0 Å². The van der Waals surface area contributed by atoms with Gasteiger partial charge in [0.25, 0.3) is 20.2 Å². The molecule has 7 nitrogen and oxygen atoms in total. The zero-order chi connectivity index (χ0) is 9.12. The first-order valence-electron chi connectivity index (χ1n) is 2.27. The van der Waals surface area contributed by atoms with Crippen molar-refractivity contribution in [1.29, 1.82) is 0 Å². The third-order valence-corrected chi connectivity index (χ3v) is 1.35. The van der Waals surface area contributed by atoms with Crippen LogP contribution >= 0.6 is 0 Å². The predicted octanol–water partition coefficient (Wildman–Crippen LogP) is -1.69. The maximum Gasteiger partial charge on any atom is 0.280 e. The molecule has 11 heavy (non-hydrogen) atoms. The van der Waals surface area contributed by atoms with Gasteiger partial charge in [-0.25, -0.2) is 0 Å². The van der Waals surface area contributed by atoms with Gasteiger partial charge >= 0.3 is 0 Å². The van der Waals surface area contributed by atoms with Crippen molar-refractivity contribution < 1.29 is 25.7 Å². The zero-order valence-corrected chi connectivity index (χ0v) is 7.15. The molecule has 0 aromatic carbocycles. The number of hydrogen-bond donors (Lipinski definition) is 2. The number of hydrogen-bond acceptors (Lipinski definition) is 6. The SMILES string of the molecule is CS(=O)(=O)ONCS(=O)(=O)O. The van der Waals surface area contributed by atoms with Crippen molar-refractivity contribution in [1.82, 2.24) is 5.48 Å². The first-order chi connectivity index (χ1) is 4.71. The van der Waals surface area contributed by atoms with Gasteiger partial charge in [0.1, 0.15) is 5.88 Å². The van der Waals surface area contributed by atoms with Crippen molar-refractivity contribution in [3.8, 4) is 0 Å². The van der Waals surface area contributed by atoms with E-state index in [1.165, 1.54) is 5.48 Å². The van der Waals surface area contributed by atoms with E-state index in [1.807, 2.05) is 0 Å². The minimum atomic E-state index is -4.25. The Morgan fingerprint density at radius 1 is 1.36 bits per heavy atom. The molecule has 2 N–H and O–H groups in total. The molecule has 9 heteroatoms. The molecule has 0 bridgehead atoms. The molecule has 0 atom stereocenters. The van der Waals surface area contributed by atoms with E-state index < -0.39 is 26.1 Å². The van der Waals surface area contributed by atoms with Crippen LogP contribution in [0.5, 0.6) is 0 Å². The van der Waals surface area contributed by atoms with E-state index in [1.54, 1.807) is 0 Å². The van der Waals surface area contributed by atoms with Crippen LogP contribution in [-0.2, 0) is 24.5 Å². The van der Waals surface area contributed by atoms with Gasteiger partial charge in [-0.1, -0.05) is 0 Å². The molecule has 0 unspecified atom stereocenters. The van der Waals surface area contributed by atoms with Gasteiger partial charge in [0.05, 0.1) is 6.26 Å². The van der Waals surface area contributed by atoms with E-state index in [0.29, 0.717) is 0 Å². The zero-order valence-electron chi connectivity index (χ0n) is 5.51. The van der Waals surface area contributed by atoms with E-state index in [2.05, 4.69) is 4.28 Å². The van der Waals surface area contributed by atoms with E-state index in [0.717, 1.165) is 6.26 Å². The first kappa shape index (κ1) is 10.8. The van der Waals surface area contributed by atoms with Gasteiger partial charge in [-0.15, -0.1) is 0 Å². The quantitative estimate of drug-likeness (QED) is 0.416. The molecule has 0 aliphatic carbocycles. The Bertz CT molecular complexity index is 267. The van der Waals surface area contributed by atoms with Crippen LogP contribution in [0.1, 0.15) is 0 Å². The summed E-state index contributed by atoms with van der Waals surface area (Å²) in [5, 5.41) is 0. The van der Waals surface area contributed by atoms with Crippen LogP contribution < -0.4 is 5.48 Å². The Morgan fingerprint density at radius 3 is 2.09 bits per heavy atom. The summed E-state index contributed by atoms with van der Waals surface area (Å²) in [6, 6.07) is 0. The highest BCUT2D eigenvalue weighted by atomic mass is 32.2. The Hall–Kier alpha value is -0.220. The van der Waals surface area contributed by atoms with Crippen molar-refractivity contribution in [3.05, 3.63) is 0 Å². The van der Waals surface area contributed by atoms with Crippen LogP contribution in [-0.4, -0.2) is 33.5 Å². The normalized spacial score (nSPS) is 13.3. The Kier molecular flexibility index (Phi) is 3.38. The summed E-state index contributed by atoms with van der Waals surface area (Å²) in [5.74, 6) is -0.972. The molecule has 0 aliphatic rings. The topological polar surface area (TPSA) is 110 Å². The molecule has 0 spiro atoms. The lowest BCUT2D eigenvalue weighted by molar-refractivity contribution is 0.222. The average molecular weight is 205 g/mol. The molecule has 0 rings (SSSR count). The minimum absolute atomic E-state index is 0.726. The Labute approximate surface area is 64.2 Å². The molecule has 0 aromatic rings. The summed E-state index contributed by atoms with van der Waals surface area (Å²) in [6.45, 7) is 0. The highest BCUT2D eigenvalue weighted by molar-refractivity contribution is 7.86. The highest BCUT2D eigenvalue weighted by Gasteiger charge is 2.06. The van der Waals surface area contributed by atoms with Crippen LogP contribution in [0.4, 0.5) is 0 Å². The van der Waals surface area contributed by atoms with E-state index in [9.17, 15) is 16.8 Å². The average Bonchev–Trinajstić information content (AvgIpc) is 1.55. The summed E-state index contributed by atoms with van der Waals surface area (Å²) in [6.07, 6.45) is 0.726. The van der Waals surface area contributed by atoms with Crippen molar-refractivity contribution >= 4 is 20.2 Å². The smallest absolute Gasteiger partial charge is 0.280 e. The van der Waals surface area contributed by atoms with Gasteiger partial charge in [-0.2, -0.15) is 26.6 Å². The molecule has 0 amide bonds. The second-order valence-corrected chi connectivity index (χ2v) is 4.69. The molecule has 0 saturated carbocycles. The molecule has 0 saturated heterocycles. The second kappa shape index (κ2) is 3.45. The lowest BCUT2D eigenvalue weighted by Gasteiger charge is -1.98. The van der Waals surface area contributed by atoms with Crippen LogP contribution in [0.2, 0.25) is 0 Å². The Morgan fingerprint density at radius 2 is 1.82 bits per heavy atom. The minimum Gasteiger partial charge on any atom is -0.284 e. The molecule has 0 aromatic heterocycles. The Balaban J connectivity index is 3.79. The third-order valence-electron chi connectivity index (χ3n) is 0.452. The van der Waals surface area contributed by atoms with Crippen molar-refractivity contribution in [2.24, 2.45) is 0 Å². The van der Waals surface area contributed by atoms with Crippen LogP contribution in [0, 0.1) is 0 Å². The van der Waals surface area contributed by atoms with Crippen molar-refractivity contribution in [2.75, 3.05) is 12.1 Å². The van der Waals surface area contributed by atoms with Crippen LogP contribution in [0.15, 0.2) is 0 Å². The molecule has 0 heterocycles. The molecule has 68 valence electrons. The van der Waals surface area contributed by atoms with Crippen molar-refractivity contribution in [3.63, 3.8) is 0 Å². The van der Waals surface area contributed by atoms with Gasteiger partial charge in [0, 0.05) is 0 Å². The van der Waals surface area contributed by atoms with Crippen LogP contribution in [0.25, 0.3) is 0 Å². The van der Waals surface area contributed by atoms with E-state index in [4.69, 9.17) is 4.55 Å². The summed E-state index contributed by atoms with van der Waals surface area (Å²) in [7, 11) is -7.98. The van der Waals surface area contributed by atoms with Crippen LogP contribution in [0.3, 0.4) is 0 Å². The van der Waals surface area contributed by atoms with Gasteiger partial charge in [-0.3, -0.25) is 4.55 Å². The van der Waals surface area contributed by atoms with Gasteiger partial charge in [-0.05, 0) is 0 Å². The maximum absolute atomic E-state index is 10.2. The first-order valence-corrected chi connectivity index (χ1v) is 5.70. The van der Waals surface area contributed by atoms with Gasteiger partial charge in [0.2, 0.25) is 0 Å². The fourth-order valence-electron chi connectivity index (χ4n) is 0.206. The van der Waals surface area contributed by atoms with E-state index in [-0.39, 0.29) is 0 Å². The lowest BCUT2D eigenvalue weighted by atomic mass is 11.5. The summed E-state index contributed by atoms with van der Waals surface area (Å²) < 4.78 is 52.0. The molecular weight excluding hydrogens is 198 g/mol. The standard InChI is InChI=1S/C2H7NO6S2/c1-10(4,5)9-3-2-11(6,7)8/h3H,2H2,1H3,(H,6,7,8). The summed E-state index contributed by atoms with van der Waals surface area (Å²) in [4.78, 5) is 0. The monoisotopic (exact) mass is 205 g/mol. The highest BCUT2D eigenvalue weighted by Crippen LogP contribution is 1.82. The summed E-state index contributed by atoms with van der Waals surface area (Å²) in [5.41, 5.74) is 1.54. The van der Waals surface area contributed by atoms with Gasteiger partial charge < -0.3 is 0 Å². The van der Waals surface area contributed by atoms with Gasteiger partial charge in [0.15, 0.2) is 0 Å². The van der Waals surface area contributed by atoms with E-state index >= 15 is 0 Å². The fraction of sp³-hybridized carbons (Fsp3) is 1.00. The predicted molar refractivity (Wildman–Crippen MR) is 35.5 cm³/mol. The summed E-state index contributed by atoms with van der Waals surface area (Å²) >= 11 is 0.